The Morgan fingerprint density at radius 3 is 1.35 bits per heavy atom. The molecule has 0 unspecified atom stereocenters. The number of furan rings is 1. The van der Waals surface area contributed by atoms with E-state index in [1.165, 1.54) is 65.9 Å². The van der Waals surface area contributed by atoms with Crippen LogP contribution in [-0.2, 0) is 0 Å². The molecule has 0 spiro atoms. The molecule has 0 aliphatic rings. The highest BCUT2D eigenvalue weighted by molar-refractivity contribution is 6.13. The SMILES string of the molecule is c1ccc(-c2ccc3c(c2)c2cc(-c4ccccc4)ccc2n3-c2ccc3c(c2)oc2ccc(-n4c5ccccc5c5ccccc54)cc23)cc1. The van der Waals surface area contributed by atoms with Crippen molar-refractivity contribution >= 4 is 65.6 Å². The third-order valence-corrected chi connectivity index (χ3v) is 10.5. The molecule has 0 fully saturated rings. The molecular formula is C48H30N2O. The molecule has 238 valence electrons. The summed E-state index contributed by atoms with van der Waals surface area (Å²) in [4.78, 5) is 0. The van der Waals surface area contributed by atoms with Crippen LogP contribution in [0.1, 0.15) is 0 Å². The molecule has 0 amide bonds. The summed E-state index contributed by atoms with van der Waals surface area (Å²) < 4.78 is 11.3. The van der Waals surface area contributed by atoms with Crippen LogP contribution in [0.2, 0.25) is 0 Å². The lowest BCUT2D eigenvalue weighted by Gasteiger charge is -2.09. The van der Waals surface area contributed by atoms with Gasteiger partial charge < -0.3 is 13.6 Å². The Morgan fingerprint density at radius 1 is 0.275 bits per heavy atom. The topological polar surface area (TPSA) is 23.0 Å². The van der Waals surface area contributed by atoms with E-state index in [-0.39, 0.29) is 0 Å². The molecule has 11 aromatic rings. The molecular weight excluding hydrogens is 621 g/mol. The highest BCUT2D eigenvalue weighted by Crippen LogP contribution is 2.40. The minimum absolute atomic E-state index is 0.874. The summed E-state index contributed by atoms with van der Waals surface area (Å²) in [6.45, 7) is 0. The van der Waals surface area contributed by atoms with E-state index in [0.717, 1.165) is 33.3 Å². The molecule has 0 bridgehead atoms. The van der Waals surface area contributed by atoms with Gasteiger partial charge >= 0.3 is 0 Å². The molecule has 0 saturated heterocycles. The lowest BCUT2D eigenvalue weighted by atomic mass is 10.0. The highest BCUT2D eigenvalue weighted by Gasteiger charge is 2.18. The molecule has 51 heavy (non-hydrogen) atoms. The van der Waals surface area contributed by atoms with Crippen LogP contribution in [0.5, 0.6) is 0 Å². The van der Waals surface area contributed by atoms with E-state index in [0.29, 0.717) is 0 Å². The first-order chi connectivity index (χ1) is 25.3. The van der Waals surface area contributed by atoms with Crippen LogP contribution in [0.25, 0.3) is 99.2 Å². The maximum Gasteiger partial charge on any atom is 0.137 e. The molecule has 0 saturated carbocycles. The minimum Gasteiger partial charge on any atom is -0.456 e. The Balaban J connectivity index is 1.10. The summed E-state index contributed by atoms with van der Waals surface area (Å²) in [5.41, 5.74) is 13.5. The first-order valence-electron chi connectivity index (χ1n) is 17.4. The van der Waals surface area contributed by atoms with E-state index in [1.807, 2.05) is 0 Å². The van der Waals surface area contributed by atoms with Crippen LogP contribution >= 0.6 is 0 Å². The molecule has 8 aromatic carbocycles. The normalized spacial score (nSPS) is 11.9. The third-order valence-electron chi connectivity index (χ3n) is 10.5. The van der Waals surface area contributed by atoms with Gasteiger partial charge in [-0.3, -0.25) is 0 Å². The van der Waals surface area contributed by atoms with Gasteiger partial charge in [0.25, 0.3) is 0 Å². The fraction of sp³-hybridized carbons (Fsp3) is 0. The molecule has 3 heteroatoms. The van der Waals surface area contributed by atoms with Crippen molar-refractivity contribution in [2.75, 3.05) is 0 Å². The highest BCUT2D eigenvalue weighted by atomic mass is 16.3. The molecule has 11 rings (SSSR count). The van der Waals surface area contributed by atoms with Crippen LogP contribution < -0.4 is 0 Å². The largest absolute Gasteiger partial charge is 0.456 e. The van der Waals surface area contributed by atoms with Gasteiger partial charge in [-0.25, -0.2) is 0 Å². The lowest BCUT2D eigenvalue weighted by Crippen LogP contribution is -1.94. The maximum absolute atomic E-state index is 6.59. The number of hydrogen-bond acceptors (Lipinski definition) is 1. The van der Waals surface area contributed by atoms with Crippen LogP contribution in [0.3, 0.4) is 0 Å². The fourth-order valence-corrected chi connectivity index (χ4v) is 8.15. The molecule has 0 aliphatic heterocycles. The van der Waals surface area contributed by atoms with Gasteiger partial charge in [0.2, 0.25) is 0 Å². The zero-order valence-electron chi connectivity index (χ0n) is 27.6. The molecule has 0 radical (unpaired) electrons. The maximum atomic E-state index is 6.59. The summed E-state index contributed by atoms with van der Waals surface area (Å²) in [6.07, 6.45) is 0. The fourth-order valence-electron chi connectivity index (χ4n) is 8.15. The van der Waals surface area contributed by atoms with E-state index in [9.17, 15) is 0 Å². The van der Waals surface area contributed by atoms with E-state index in [2.05, 4.69) is 191 Å². The number of rotatable bonds is 4. The zero-order chi connectivity index (χ0) is 33.5. The molecule has 3 heterocycles. The third kappa shape index (κ3) is 4.25. The second kappa shape index (κ2) is 10.8. The predicted octanol–water partition coefficient (Wildman–Crippen LogP) is 13.1. The minimum atomic E-state index is 0.874. The average Bonchev–Trinajstić information content (AvgIpc) is 3.85. The number of fused-ring (bicyclic) bond motifs is 9. The van der Waals surface area contributed by atoms with Gasteiger partial charge in [-0.2, -0.15) is 0 Å². The second-order valence-electron chi connectivity index (χ2n) is 13.4. The first-order valence-corrected chi connectivity index (χ1v) is 17.4. The van der Waals surface area contributed by atoms with Crippen molar-refractivity contribution in [3.63, 3.8) is 0 Å². The molecule has 3 nitrogen and oxygen atoms in total. The monoisotopic (exact) mass is 650 g/mol. The molecule has 0 aliphatic carbocycles. The smallest absolute Gasteiger partial charge is 0.137 e. The van der Waals surface area contributed by atoms with Gasteiger partial charge in [-0.15, -0.1) is 0 Å². The van der Waals surface area contributed by atoms with E-state index < -0.39 is 0 Å². The van der Waals surface area contributed by atoms with Gasteiger partial charge in [0.05, 0.1) is 22.1 Å². The summed E-state index contributed by atoms with van der Waals surface area (Å²) >= 11 is 0. The Morgan fingerprint density at radius 2 is 0.765 bits per heavy atom. The van der Waals surface area contributed by atoms with Crippen molar-refractivity contribution in [3.8, 4) is 33.6 Å². The van der Waals surface area contributed by atoms with Crippen LogP contribution in [0.15, 0.2) is 186 Å². The summed E-state index contributed by atoms with van der Waals surface area (Å²) in [5.74, 6) is 0. The number of aromatic nitrogens is 2. The second-order valence-corrected chi connectivity index (χ2v) is 13.4. The summed E-state index contributed by atoms with van der Waals surface area (Å²) in [6, 6.07) is 65.5. The van der Waals surface area contributed by atoms with Crippen molar-refractivity contribution in [1.29, 1.82) is 0 Å². The van der Waals surface area contributed by atoms with Gasteiger partial charge in [0.1, 0.15) is 11.2 Å². The Labute approximate surface area is 293 Å². The average molecular weight is 651 g/mol. The van der Waals surface area contributed by atoms with Crippen molar-refractivity contribution in [2.24, 2.45) is 0 Å². The first kappa shape index (κ1) is 28.0. The van der Waals surface area contributed by atoms with Crippen molar-refractivity contribution in [2.45, 2.75) is 0 Å². The summed E-state index contributed by atoms with van der Waals surface area (Å²) in [5, 5.41) is 7.18. The molecule has 0 N–H and O–H groups in total. The van der Waals surface area contributed by atoms with Gasteiger partial charge in [0.15, 0.2) is 0 Å². The van der Waals surface area contributed by atoms with E-state index in [4.69, 9.17) is 4.42 Å². The van der Waals surface area contributed by atoms with Crippen molar-refractivity contribution < 1.29 is 4.42 Å². The Kier molecular flexibility index (Phi) is 5.96. The number of para-hydroxylation sites is 2. The zero-order valence-corrected chi connectivity index (χ0v) is 27.6. The van der Waals surface area contributed by atoms with Gasteiger partial charge in [-0.1, -0.05) is 109 Å². The number of hydrogen-bond donors (Lipinski definition) is 0. The van der Waals surface area contributed by atoms with Gasteiger partial charge in [0, 0.05) is 49.8 Å². The van der Waals surface area contributed by atoms with E-state index >= 15 is 0 Å². The Bertz CT molecular complexity index is 2980. The standard InChI is InChI=1S/C48H30N2O/c1-3-11-31(12-4-1)33-19-24-45-40(27-33)41-28-34(32-13-5-2-6-14-32)20-25-46(41)50(45)36-21-23-39-42-29-35(22-26-47(42)51-48(39)30-36)49-43-17-9-7-15-37(43)38-16-8-10-18-44(38)49/h1-30H. The van der Waals surface area contributed by atoms with Crippen LogP contribution in [-0.4, -0.2) is 9.13 Å². The quantitative estimate of drug-likeness (QED) is 0.186. The molecule has 0 atom stereocenters. The Hall–Kier alpha value is -6.84. The van der Waals surface area contributed by atoms with Crippen molar-refractivity contribution in [3.05, 3.63) is 182 Å². The van der Waals surface area contributed by atoms with Crippen LogP contribution in [0.4, 0.5) is 0 Å². The van der Waals surface area contributed by atoms with Gasteiger partial charge in [-0.05, 0) is 89.0 Å². The van der Waals surface area contributed by atoms with E-state index in [1.54, 1.807) is 0 Å². The predicted molar refractivity (Wildman–Crippen MR) is 213 cm³/mol. The lowest BCUT2D eigenvalue weighted by molar-refractivity contribution is 0.668. The molecule has 3 aromatic heterocycles. The number of benzene rings is 8. The summed E-state index contributed by atoms with van der Waals surface area (Å²) in [7, 11) is 0. The van der Waals surface area contributed by atoms with Crippen LogP contribution in [0, 0.1) is 0 Å². The number of nitrogens with zero attached hydrogens (tertiary/aromatic N) is 2. The van der Waals surface area contributed by atoms with Crippen molar-refractivity contribution in [1.82, 2.24) is 9.13 Å².